The lowest BCUT2D eigenvalue weighted by molar-refractivity contribution is -0.445. The predicted octanol–water partition coefficient (Wildman–Crippen LogP) is 18.7. The van der Waals surface area contributed by atoms with Crippen molar-refractivity contribution in [2.75, 3.05) is 14.1 Å². The highest BCUT2D eigenvalue weighted by Gasteiger charge is 2.16. The number of nitrogens with two attached hydrogens (primary N) is 2. The highest BCUT2D eigenvalue weighted by molar-refractivity contribution is 7.80. The standard InChI is InChI=1S/C19H24N2S.C12H17NO2.C12H15NS.C7H9N.C7H6O.6C2H6.CH3NO2.CH5N/c1-19(2,3)17-11-9-16(10-12-17)14-21-18(22)20-13-15-7-5-4-6-8-15;1-12(2,3)15-11(14)13-9-10-7-5-4-6-8-10;1-12(2,3)11-6-4-10(5-7-11)8-13-9-14;2*8-6-7-4-2-1-3-5-7;6*1-2;1-2(3)4;1-2/h4-12H,13-14H2,1-3H3,(H2,20,21,22);4-8H,9H2,1-3H3,(H,13,14);4-7H,8H2,1-3H3;1-5H,6,8H2;1-6H;6*1-2H3;1H3;2H2,1H3. The maximum Gasteiger partial charge on any atom is 0.407 e. The number of nitro groups is 1. The Bertz CT molecular complexity index is 2440. The fraction of sp³-hybridized carbons (Fsp3) is 0.437. The molecule has 0 fully saturated rings. The number of isothiocyanates is 1. The van der Waals surface area contributed by atoms with E-state index in [1.807, 2.05) is 201 Å². The number of benzene rings is 6. The Morgan fingerprint density at radius 2 is 0.812 bits per heavy atom. The normalized spacial score (nSPS) is 9.00. The van der Waals surface area contributed by atoms with E-state index in [0.29, 0.717) is 24.7 Å². The topological polar surface area (TPSA) is 187 Å². The summed E-state index contributed by atoms with van der Waals surface area (Å²) in [5.41, 5.74) is 19.1. The van der Waals surface area contributed by atoms with E-state index in [1.165, 1.54) is 40.4 Å². The summed E-state index contributed by atoms with van der Waals surface area (Å²) in [6.45, 7) is 46.1. The van der Waals surface area contributed by atoms with E-state index in [-0.39, 0.29) is 16.9 Å². The van der Waals surface area contributed by atoms with Gasteiger partial charge in [0.1, 0.15) is 11.9 Å². The molecule has 0 atom stereocenters. The van der Waals surface area contributed by atoms with E-state index in [1.54, 1.807) is 12.1 Å². The van der Waals surface area contributed by atoms with E-state index in [0.717, 1.165) is 37.6 Å². The maximum atomic E-state index is 11.3. The summed E-state index contributed by atoms with van der Waals surface area (Å²) in [6, 6.07) is 56.2. The third-order valence-corrected chi connectivity index (χ3v) is 9.83. The molecule has 1 amide bonds. The molecule has 12 nitrogen and oxygen atoms in total. The van der Waals surface area contributed by atoms with Crippen LogP contribution in [0.25, 0.3) is 0 Å². The van der Waals surface area contributed by atoms with Gasteiger partial charge in [-0.25, -0.2) is 9.79 Å². The molecule has 14 heteroatoms. The van der Waals surface area contributed by atoms with Crippen molar-refractivity contribution in [1.82, 2.24) is 16.0 Å². The number of aldehydes is 1. The number of hydrogen-bond acceptors (Lipinski definition) is 10. The number of carbonyl (C=O) groups excluding carboxylic acids is 2. The van der Waals surface area contributed by atoms with Crippen molar-refractivity contribution < 1.29 is 19.2 Å². The predicted molar refractivity (Wildman–Crippen MR) is 379 cm³/mol. The van der Waals surface area contributed by atoms with E-state index >= 15 is 0 Å². The first kappa shape index (κ1) is 91.8. The lowest BCUT2D eigenvalue weighted by Gasteiger charge is -2.19. The summed E-state index contributed by atoms with van der Waals surface area (Å²) in [7, 11) is 2.39. The number of thiocarbonyl (C=S) groups is 2. The number of alkyl carbamates (subject to hydrolysis) is 1. The average Bonchev–Trinajstić information content (AvgIpc) is 3.56. The van der Waals surface area contributed by atoms with Crippen molar-refractivity contribution in [3.8, 4) is 0 Å². The lowest BCUT2D eigenvalue weighted by Crippen LogP contribution is -2.34. The molecule has 0 saturated heterocycles. The molecule has 7 N–H and O–H groups in total. The minimum absolute atomic E-state index is 0.193. The zero-order valence-electron chi connectivity index (χ0n) is 56.7. The van der Waals surface area contributed by atoms with Crippen molar-refractivity contribution in [2.24, 2.45) is 16.5 Å². The fourth-order valence-electron chi connectivity index (χ4n) is 5.61. The van der Waals surface area contributed by atoms with Gasteiger partial charge in [-0.3, -0.25) is 14.9 Å². The van der Waals surface area contributed by atoms with E-state index in [9.17, 15) is 9.59 Å². The van der Waals surface area contributed by atoms with Crippen LogP contribution in [0.5, 0.6) is 0 Å². The summed E-state index contributed by atoms with van der Waals surface area (Å²) >= 11 is 9.83. The van der Waals surface area contributed by atoms with Crippen LogP contribution in [0.1, 0.15) is 195 Å². The zero-order chi connectivity index (χ0) is 67.1. The minimum Gasteiger partial charge on any atom is -0.444 e. The van der Waals surface area contributed by atoms with E-state index in [2.05, 4.69) is 146 Å². The number of aliphatic imine (C=N–C) groups is 1. The van der Waals surface area contributed by atoms with Gasteiger partial charge in [-0.1, -0.05) is 294 Å². The molecule has 0 spiro atoms. The number of nitrogens with one attached hydrogen (secondary N) is 3. The molecule has 0 aliphatic carbocycles. The van der Waals surface area contributed by atoms with Crippen LogP contribution in [0, 0.1) is 10.1 Å². The average molecular weight is 1210 g/mol. The van der Waals surface area contributed by atoms with Gasteiger partial charge in [-0.2, -0.15) is 0 Å². The fourth-order valence-corrected chi connectivity index (χ4v) is 5.82. The monoisotopic (exact) mass is 1210 g/mol. The Kier molecular flexibility index (Phi) is 68.2. The first-order valence-electron chi connectivity index (χ1n) is 29.7. The van der Waals surface area contributed by atoms with Crippen LogP contribution < -0.4 is 27.4 Å². The van der Waals surface area contributed by atoms with Gasteiger partial charge in [0.05, 0.1) is 11.7 Å². The summed E-state index contributed by atoms with van der Waals surface area (Å²) in [5, 5.41) is 21.0. The quantitative estimate of drug-likeness (QED) is 0.0289. The van der Waals surface area contributed by atoms with Crippen LogP contribution in [-0.2, 0) is 48.3 Å². The molecule has 0 radical (unpaired) electrons. The molecular formula is C71H115N7O5S2. The zero-order valence-corrected chi connectivity index (χ0v) is 58.3. The summed E-state index contributed by atoms with van der Waals surface area (Å²) in [4.78, 5) is 33.5. The molecule has 6 aromatic carbocycles. The van der Waals surface area contributed by atoms with Gasteiger partial charge in [0.2, 0.25) is 0 Å². The Balaban J connectivity index is -0.000000172. The van der Waals surface area contributed by atoms with E-state index in [4.69, 9.17) is 32.8 Å². The van der Waals surface area contributed by atoms with Crippen molar-refractivity contribution in [1.29, 1.82) is 0 Å². The molecule has 0 aliphatic rings. The van der Waals surface area contributed by atoms with Gasteiger partial charge < -0.3 is 32.2 Å². The molecule has 0 aliphatic heterocycles. The SMILES string of the molecule is CC.CC.CC.CC.CC.CC.CC(C)(C)OC(=O)NCc1ccccc1.CC(C)(C)c1ccc(CN=C=S)cc1.CC(C)(C)c1ccc(CNC(=S)NCc2ccccc2)cc1.CN.C[N+](=O)[O-].NCc1ccccc1.O=Cc1ccccc1. The van der Waals surface area contributed by atoms with Crippen LogP contribution >= 0.6 is 24.4 Å². The Hall–Kier alpha value is -6.93. The molecule has 0 bridgehead atoms. The molecule has 476 valence electrons. The van der Waals surface area contributed by atoms with Crippen LogP contribution in [0.4, 0.5) is 4.79 Å². The number of rotatable bonds is 10. The number of hydrogen-bond donors (Lipinski definition) is 5. The number of amides is 1. The smallest absolute Gasteiger partial charge is 0.407 e. The first-order chi connectivity index (χ1) is 40.6. The second-order valence-electron chi connectivity index (χ2n) is 18.8. The first-order valence-corrected chi connectivity index (χ1v) is 30.6. The second kappa shape index (κ2) is 63.1. The van der Waals surface area contributed by atoms with Gasteiger partial charge in [0, 0.05) is 36.7 Å². The molecule has 6 aromatic rings. The van der Waals surface area contributed by atoms with Gasteiger partial charge >= 0.3 is 6.09 Å². The molecule has 0 heterocycles. The Morgan fingerprint density at radius 3 is 1.07 bits per heavy atom. The number of ether oxygens (including phenoxy) is 1. The molecule has 85 heavy (non-hydrogen) atoms. The summed E-state index contributed by atoms with van der Waals surface area (Å²) < 4.78 is 5.11. The third-order valence-electron chi connectivity index (χ3n) is 9.41. The molecule has 0 saturated carbocycles. The van der Waals surface area contributed by atoms with Crippen molar-refractivity contribution in [3.63, 3.8) is 0 Å². The summed E-state index contributed by atoms with van der Waals surface area (Å²) in [6.07, 6.45) is 0.450. The molecule has 0 unspecified atom stereocenters. The maximum absolute atomic E-state index is 11.3. The van der Waals surface area contributed by atoms with Gasteiger partial charge in [-0.05, 0) is 102 Å². The lowest BCUT2D eigenvalue weighted by atomic mass is 9.87. The van der Waals surface area contributed by atoms with Crippen molar-refractivity contribution in [3.05, 3.63) is 224 Å². The minimum atomic E-state index is -0.500. The second-order valence-corrected chi connectivity index (χ2v) is 19.4. The van der Waals surface area contributed by atoms with Gasteiger partial charge in [0.15, 0.2) is 12.2 Å². The summed E-state index contributed by atoms with van der Waals surface area (Å²) in [5.74, 6) is 0. The van der Waals surface area contributed by atoms with Crippen LogP contribution in [0.15, 0.2) is 175 Å². The number of nitrogens with zero attached hydrogens (tertiary/aromatic N) is 2. The number of carbonyl (C=O) groups is 2. The molecule has 6 rings (SSSR count). The Labute approximate surface area is 529 Å². The van der Waals surface area contributed by atoms with Gasteiger partial charge in [0.25, 0.3) is 0 Å². The van der Waals surface area contributed by atoms with E-state index < -0.39 is 10.5 Å². The van der Waals surface area contributed by atoms with Crippen LogP contribution in [0.2, 0.25) is 0 Å². The third kappa shape index (κ3) is 60.0. The largest absolute Gasteiger partial charge is 0.444 e. The highest BCUT2D eigenvalue weighted by Crippen LogP contribution is 2.23. The van der Waals surface area contributed by atoms with Crippen molar-refractivity contribution >= 4 is 47.1 Å². The Morgan fingerprint density at radius 1 is 0.529 bits per heavy atom. The highest BCUT2D eigenvalue weighted by atomic mass is 32.1. The van der Waals surface area contributed by atoms with Crippen molar-refractivity contribution in [2.45, 2.75) is 195 Å². The van der Waals surface area contributed by atoms with Crippen LogP contribution in [0.3, 0.4) is 0 Å². The van der Waals surface area contributed by atoms with Crippen LogP contribution in [-0.4, -0.2) is 47.3 Å². The molecular weight excluding hydrogens is 1090 g/mol. The molecule has 0 aromatic heterocycles. The van der Waals surface area contributed by atoms with Gasteiger partial charge in [-0.15, -0.1) is 0 Å².